The Hall–Kier alpha value is -2.31. The molecular weight excluding hydrogens is 394 g/mol. The molecule has 2 amide bonds. The first kappa shape index (κ1) is 20.9. The zero-order valence-corrected chi connectivity index (χ0v) is 18.4. The predicted molar refractivity (Wildman–Crippen MR) is 121 cm³/mol. The number of likely N-dealkylation sites (tertiary alicyclic amines) is 1. The molecule has 2 N–H and O–H groups in total. The van der Waals surface area contributed by atoms with Gasteiger partial charge < -0.3 is 15.5 Å². The Bertz CT molecular complexity index is 936. The summed E-state index contributed by atoms with van der Waals surface area (Å²) < 4.78 is 0. The molecule has 0 unspecified atom stereocenters. The van der Waals surface area contributed by atoms with Crippen LogP contribution in [0.3, 0.4) is 0 Å². The van der Waals surface area contributed by atoms with Gasteiger partial charge in [0, 0.05) is 35.0 Å². The Morgan fingerprint density at radius 2 is 1.90 bits per heavy atom. The quantitative estimate of drug-likeness (QED) is 0.695. The van der Waals surface area contributed by atoms with Gasteiger partial charge in [-0.05, 0) is 61.6 Å². The summed E-state index contributed by atoms with van der Waals surface area (Å²) in [5.41, 5.74) is 1.91. The monoisotopic (exact) mass is 423 g/mol. The van der Waals surface area contributed by atoms with E-state index >= 15 is 0 Å². The van der Waals surface area contributed by atoms with E-state index in [1.54, 1.807) is 17.8 Å². The maximum Gasteiger partial charge on any atom is 0.256 e. The number of anilines is 1. The first-order valence-electron chi connectivity index (χ1n) is 10.7. The highest BCUT2D eigenvalue weighted by Crippen LogP contribution is 2.38. The van der Waals surface area contributed by atoms with Gasteiger partial charge >= 0.3 is 0 Å². The third-order valence-corrected chi connectivity index (χ3v) is 6.87. The molecule has 2 aromatic carbocycles. The second kappa shape index (κ2) is 9.23. The highest BCUT2D eigenvalue weighted by molar-refractivity contribution is 7.99. The number of piperidine rings is 1. The fourth-order valence-corrected chi connectivity index (χ4v) is 5.50. The zero-order valence-electron chi connectivity index (χ0n) is 17.6. The number of hydrogen-bond acceptors (Lipinski definition) is 4. The van der Waals surface area contributed by atoms with Crippen LogP contribution >= 0.6 is 11.8 Å². The van der Waals surface area contributed by atoms with Crippen LogP contribution in [0.25, 0.3) is 0 Å². The van der Waals surface area contributed by atoms with Crippen molar-refractivity contribution in [3.8, 4) is 0 Å². The molecule has 0 spiro atoms. The molecule has 0 aromatic heterocycles. The number of hydrogen-bond donors (Lipinski definition) is 2. The summed E-state index contributed by atoms with van der Waals surface area (Å²) in [5, 5.41) is 5.97. The summed E-state index contributed by atoms with van der Waals surface area (Å²) >= 11 is 1.54. The fraction of sp³-hybridized carbons (Fsp3) is 0.417. The number of nitrogens with zero attached hydrogens (tertiary/aromatic N) is 1. The number of fused-ring (bicyclic) bond motifs is 2. The minimum absolute atomic E-state index is 0.0980. The van der Waals surface area contributed by atoms with Crippen molar-refractivity contribution in [3.63, 3.8) is 0 Å². The lowest BCUT2D eigenvalue weighted by Gasteiger charge is -2.34. The Kier molecular flexibility index (Phi) is 6.44. The van der Waals surface area contributed by atoms with Crippen molar-refractivity contribution >= 4 is 29.3 Å². The SMILES string of the molecule is C[C@H]1C[C@H](C)CN(CCCNC(=O)c2ccc3c(c2)NC(=O)c2ccccc2S3)C1. The largest absolute Gasteiger partial charge is 0.352 e. The zero-order chi connectivity index (χ0) is 21.1. The smallest absolute Gasteiger partial charge is 0.256 e. The second-order valence-corrected chi connectivity index (χ2v) is 9.66. The van der Waals surface area contributed by atoms with Crippen LogP contribution < -0.4 is 10.6 Å². The van der Waals surface area contributed by atoms with Gasteiger partial charge in [-0.15, -0.1) is 0 Å². The van der Waals surface area contributed by atoms with E-state index in [-0.39, 0.29) is 11.8 Å². The van der Waals surface area contributed by atoms with Crippen LogP contribution in [0.1, 0.15) is 47.4 Å². The number of rotatable bonds is 5. The Labute approximate surface area is 182 Å². The number of carbonyl (C=O) groups is 2. The van der Waals surface area contributed by atoms with Gasteiger partial charge in [0.25, 0.3) is 11.8 Å². The molecule has 2 heterocycles. The minimum Gasteiger partial charge on any atom is -0.352 e. The molecule has 2 atom stereocenters. The number of nitrogens with one attached hydrogen (secondary N) is 2. The van der Waals surface area contributed by atoms with Crippen LogP contribution in [-0.4, -0.2) is 42.9 Å². The van der Waals surface area contributed by atoms with Gasteiger partial charge in [0.2, 0.25) is 0 Å². The van der Waals surface area contributed by atoms with E-state index in [4.69, 9.17) is 0 Å². The van der Waals surface area contributed by atoms with Gasteiger partial charge in [-0.2, -0.15) is 0 Å². The Morgan fingerprint density at radius 1 is 1.13 bits per heavy atom. The lowest BCUT2D eigenvalue weighted by Crippen LogP contribution is -2.40. The maximum absolute atomic E-state index is 12.6. The number of amides is 2. The average Bonchev–Trinajstić information content (AvgIpc) is 2.85. The highest BCUT2D eigenvalue weighted by atomic mass is 32.2. The van der Waals surface area contributed by atoms with E-state index in [0.29, 0.717) is 23.4 Å². The first-order chi connectivity index (χ1) is 14.5. The summed E-state index contributed by atoms with van der Waals surface area (Å²) in [6, 6.07) is 13.1. The maximum atomic E-state index is 12.6. The van der Waals surface area contributed by atoms with E-state index < -0.39 is 0 Å². The van der Waals surface area contributed by atoms with Crippen LogP contribution in [0.5, 0.6) is 0 Å². The summed E-state index contributed by atoms with van der Waals surface area (Å²) in [5.74, 6) is 1.27. The van der Waals surface area contributed by atoms with E-state index in [9.17, 15) is 9.59 Å². The fourth-order valence-electron chi connectivity index (χ4n) is 4.49. The lowest BCUT2D eigenvalue weighted by atomic mass is 9.92. The third-order valence-electron chi connectivity index (χ3n) is 5.72. The molecule has 4 rings (SSSR count). The molecule has 158 valence electrons. The summed E-state index contributed by atoms with van der Waals surface area (Å²) in [4.78, 5) is 29.5. The molecule has 1 saturated heterocycles. The van der Waals surface area contributed by atoms with Crippen molar-refractivity contribution < 1.29 is 9.59 Å². The van der Waals surface area contributed by atoms with Crippen LogP contribution in [0.15, 0.2) is 52.3 Å². The van der Waals surface area contributed by atoms with Crippen molar-refractivity contribution in [2.75, 3.05) is 31.5 Å². The normalized spacial score (nSPS) is 21.2. The molecule has 0 bridgehead atoms. The van der Waals surface area contributed by atoms with Gasteiger partial charge in [0.05, 0.1) is 11.3 Å². The molecule has 0 radical (unpaired) electrons. The van der Waals surface area contributed by atoms with Crippen LogP contribution in [-0.2, 0) is 0 Å². The molecule has 6 heteroatoms. The Balaban J connectivity index is 1.33. The molecular formula is C24H29N3O2S. The van der Waals surface area contributed by atoms with E-state index in [0.717, 1.165) is 47.7 Å². The molecule has 0 saturated carbocycles. The predicted octanol–water partition coefficient (Wildman–Crippen LogP) is 4.50. The molecule has 2 aliphatic heterocycles. The van der Waals surface area contributed by atoms with Gasteiger partial charge in [0.15, 0.2) is 0 Å². The minimum atomic E-state index is -0.139. The van der Waals surface area contributed by atoms with Crippen molar-refractivity contribution in [3.05, 3.63) is 53.6 Å². The average molecular weight is 424 g/mol. The van der Waals surface area contributed by atoms with Gasteiger partial charge in [-0.3, -0.25) is 9.59 Å². The van der Waals surface area contributed by atoms with E-state index in [1.165, 1.54) is 6.42 Å². The van der Waals surface area contributed by atoms with Gasteiger partial charge in [-0.25, -0.2) is 0 Å². The molecule has 30 heavy (non-hydrogen) atoms. The standard InChI is InChI=1S/C24H29N3O2S/c1-16-12-17(2)15-27(14-16)11-5-10-25-23(28)18-8-9-22-20(13-18)26-24(29)19-6-3-4-7-21(19)30-22/h3-4,6-9,13,16-17H,5,10-12,14-15H2,1-2H3,(H,25,28)(H,26,29)/t16-,17-/m0/s1. The van der Waals surface area contributed by atoms with Gasteiger partial charge in [0.1, 0.15) is 0 Å². The molecule has 1 fully saturated rings. The van der Waals surface area contributed by atoms with Crippen LogP contribution in [0.4, 0.5) is 5.69 Å². The van der Waals surface area contributed by atoms with Gasteiger partial charge in [-0.1, -0.05) is 37.7 Å². The summed E-state index contributed by atoms with van der Waals surface area (Å²) in [6.07, 6.45) is 2.25. The molecule has 0 aliphatic carbocycles. The first-order valence-corrected chi connectivity index (χ1v) is 11.5. The van der Waals surface area contributed by atoms with Crippen LogP contribution in [0.2, 0.25) is 0 Å². The number of carbonyl (C=O) groups excluding carboxylic acids is 2. The second-order valence-electron chi connectivity index (χ2n) is 8.58. The van der Waals surface area contributed by atoms with Crippen molar-refractivity contribution in [1.29, 1.82) is 0 Å². The molecule has 5 nitrogen and oxygen atoms in total. The van der Waals surface area contributed by atoms with Crippen molar-refractivity contribution in [1.82, 2.24) is 10.2 Å². The topological polar surface area (TPSA) is 61.4 Å². The van der Waals surface area contributed by atoms with Crippen molar-refractivity contribution in [2.24, 2.45) is 11.8 Å². The van der Waals surface area contributed by atoms with Crippen molar-refractivity contribution in [2.45, 2.75) is 36.5 Å². The summed E-state index contributed by atoms with van der Waals surface area (Å²) in [6.45, 7) is 8.62. The van der Waals surface area contributed by atoms with E-state index in [1.807, 2.05) is 36.4 Å². The molecule has 2 aromatic rings. The number of benzene rings is 2. The molecule has 2 aliphatic rings. The van der Waals surface area contributed by atoms with E-state index in [2.05, 4.69) is 29.4 Å². The highest BCUT2D eigenvalue weighted by Gasteiger charge is 2.22. The summed E-state index contributed by atoms with van der Waals surface area (Å²) in [7, 11) is 0. The Morgan fingerprint density at radius 3 is 2.70 bits per heavy atom. The van der Waals surface area contributed by atoms with Crippen LogP contribution in [0, 0.1) is 11.8 Å². The lowest BCUT2D eigenvalue weighted by molar-refractivity contribution is 0.0946. The third kappa shape index (κ3) is 4.87.